The van der Waals surface area contributed by atoms with Crippen molar-refractivity contribution in [2.45, 2.75) is 26.1 Å². The van der Waals surface area contributed by atoms with Gasteiger partial charge in [0.25, 0.3) is 0 Å². The van der Waals surface area contributed by atoms with Crippen molar-refractivity contribution in [1.29, 1.82) is 0 Å². The van der Waals surface area contributed by atoms with Crippen molar-refractivity contribution in [3.05, 3.63) is 52.9 Å². The molecule has 0 unspecified atom stereocenters. The number of aryl methyl sites for hydroxylation is 1. The molecule has 164 valence electrons. The van der Waals surface area contributed by atoms with E-state index in [1.807, 2.05) is 35.8 Å². The second-order valence-corrected chi connectivity index (χ2v) is 7.76. The number of piperazine rings is 1. The Hall–Kier alpha value is -2.81. The van der Waals surface area contributed by atoms with Gasteiger partial charge in [-0.2, -0.15) is 13.2 Å². The number of amides is 1. The molecule has 1 amide bonds. The molecule has 3 heterocycles. The number of fused-ring (bicyclic) bond motifs is 1. The molecule has 10 heteroatoms. The van der Waals surface area contributed by atoms with Crippen LogP contribution in [-0.2, 0) is 23.9 Å². The summed E-state index contributed by atoms with van der Waals surface area (Å²) in [5, 5.41) is -0.0490. The smallest absolute Gasteiger partial charge is 0.352 e. The number of hydrogen-bond acceptors (Lipinski definition) is 4. The topological polar surface area (TPSA) is 54.3 Å². The van der Waals surface area contributed by atoms with Crippen LogP contribution in [0.2, 0.25) is 5.02 Å². The molecule has 4 rings (SSSR count). The number of carbonyl (C=O) groups is 1. The second-order valence-electron chi connectivity index (χ2n) is 7.35. The van der Waals surface area contributed by atoms with Gasteiger partial charge in [0.2, 0.25) is 5.91 Å². The highest BCUT2D eigenvalue weighted by atomic mass is 35.5. The summed E-state index contributed by atoms with van der Waals surface area (Å²) in [5.74, 6) is 1.13. The van der Waals surface area contributed by atoms with E-state index in [0.717, 1.165) is 29.1 Å². The standard InChI is InChI=1S/C21H21ClF3N5O/c1-2-18-27-16-5-3-4-6-17(16)30(18)13-19(31)28-7-9-29(10-8-28)20-15(22)11-14(12-26-20)21(23,24)25/h3-6,11-12H,2,7-10,13H2,1H3. The van der Waals surface area contributed by atoms with Crippen LogP contribution in [0.15, 0.2) is 36.5 Å². The number of halogens is 4. The van der Waals surface area contributed by atoms with Crippen LogP contribution in [0.25, 0.3) is 11.0 Å². The fourth-order valence-electron chi connectivity index (χ4n) is 3.79. The lowest BCUT2D eigenvalue weighted by Crippen LogP contribution is -2.50. The van der Waals surface area contributed by atoms with E-state index in [4.69, 9.17) is 11.6 Å². The van der Waals surface area contributed by atoms with E-state index in [-0.39, 0.29) is 17.5 Å². The number of rotatable bonds is 4. The Labute approximate surface area is 182 Å². The van der Waals surface area contributed by atoms with Crippen LogP contribution >= 0.6 is 11.6 Å². The summed E-state index contributed by atoms with van der Waals surface area (Å²) in [6.45, 7) is 3.95. The van der Waals surface area contributed by atoms with E-state index < -0.39 is 11.7 Å². The van der Waals surface area contributed by atoms with Gasteiger partial charge in [0.1, 0.15) is 18.2 Å². The molecule has 31 heavy (non-hydrogen) atoms. The van der Waals surface area contributed by atoms with Crippen molar-refractivity contribution in [1.82, 2.24) is 19.4 Å². The molecule has 0 saturated carbocycles. The molecule has 1 aliphatic rings. The molecule has 1 aromatic carbocycles. The lowest BCUT2D eigenvalue weighted by molar-refractivity contribution is -0.138. The van der Waals surface area contributed by atoms with Gasteiger partial charge in [-0.3, -0.25) is 4.79 Å². The molecule has 0 atom stereocenters. The Morgan fingerprint density at radius 2 is 1.87 bits per heavy atom. The lowest BCUT2D eigenvalue weighted by Gasteiger charge is -2.36. The van der Waals surface area contributed by atoms with Gasteiger partial charge in [-0.1, -0.05) is 30.7 Å². The minimum absolute atomic E-state index is 0.0241. The maximum atomic E-state index is 12.9. The molecule has 1 aliphatic heterocycles. The van der Waals surface area contributed by atoms with E-state index in [1.165, 1.54) is 0 Å². The van der Waals surface area contributed by atoms with Crippen LogP contribution < -0.4 is 4.90 Å². The number of aromatic nitrogens is 3. The SMILES string of the molecule is CCc1nc2ccccc2n1CC(=O)N1CCN(c2ncc(C(F)(F)F)cc2Cl)CC1. The molecule has 0 bridgehead atoms. The Balaban J connectivity index is 1.43. The second kappa shape index (κ2) is 8.37. The van der Waals surface area contributed by atoms with Crippen LogP contribution in [-0.4, -0.2) is 51.5 Å². The minimum atomic E-state index is -4.49. The van der Waals surface area contributed by atoms with E-state index >= 15 is 0 Å². The van der Waals surface area contributed by atoms with Crippen molar-refractivity contribution >= 4 is 34.4 Å². The predicted molar refractivity (Wildman–Crippen MR) is 112 cm³/mol. The zero-order valence-electron chi connectivity index (χ0n) is 16.9. The summed E-state index contributed by atoms with van der Waals surface area (Å²) in [4.78, 5) is 25.0. The molecule has 0 aliphatic carbocycles. The van der Waals surface area contributed by atoms with Gasteiger partial charge < -0.3 is 14.4 Å². The highest BCUT2D eigenvalue weighted by Gasteiger charge is 2.32. The van der Waals surface area contributed by atoms with E-state index in [0.29, 0.717) is 38.4 Å². The first-order valence-corrected chi connectivity index (χ1v) is 10.4. The van der Waals surface area contributed by atoms with Gasteiger partial charge in [-0.15, -0.1) is 0 Å². The van der Waals surface area contributed by atoms with Gasteiger partial charge in [0, 0.05) is 38.8 Å². The molecule has 1 fully saturated rings. The number of pyridine rings is 1. The lowest BCUT2D eigenvalue weighted by atomic mass is 10.2. The highest BCUT2D eigenvalue weighted by molar-refractivity contribution is 6.33. The van der Waals surface area contributed by atoms with Crippen molar-refractivity contribution in [3.8, 4) is 0 Å². The molecular weight excluding hydrogens is 431 g/mol. The maximum Gasteiger partial charge on any atom is 0.417 e. The minimum Gasteiger partial charge on any atom is -0.352 e. The summed E-state index contributed by atoms with van der Waals surface area (Å²) >= 11 is 6.06. The molecule has 2 aromatic heterocycles. The number of imidazole rings is 1. The molecule has 1 saturated heterocycles. The summed E-state index contributed by atoms with van der Waals surface area (Å²) in [6.07, 6.45) is -2.99. The zero-order chi connectivity index (χ0) is 22.2. The van der Waals surface area contributed by atoms with Gasteiger partial charge in [0.15, 0.2) is 0 Å². The monoisotopic (exact) mass is 451 g/mol. The highest BCUT2D eigenvalue weighted by Crippen LogP contribution is 2.33. The predicted octanol–water partition coefficient (Wildman–Crippen LogP) is 4.01. The van der Waals surface area contributed by atoms with Crippen molar-refractivity contribution in [3.63, 3.8) is 0 Å². The maximum absolute atomic E-state index is 12.9. The summed E-state index contributed by atoms with van der Waals surface area (Å²) in [6, 6.07) is 8.60. The van der Waals surface area contributed by atoms with Crippen LogP contribution in [0.4, 0.5) is 19.0 Å². The average Bonchev–Trinajstić information content (AvgIpc) is 3.11. The number of alkyl halides is 3. The number of para-hydroxylation sites is 2. The van der Waals surface area contributed by atoms with Crippen molar-refractivity contribution in [2.75, 3.05) is 31.1 Å². The van der Waals surface area contributed by atoms with E-state index in [9.17, 15) is 18.0 Å². The first kappa shape index (κ1) is 21.4. The third kappa shape index (κ3) is 4.32. The number of nitrogens with zero attached hydrogens (tertiary/aromatic N) is 5. The fraction of sp³-hybridized carbons (Fsp3) is 0.381. The third-order valence-corrected chi connectivity index (χ3v) is 5.70. The van der Waals surface area contributed by atoms with Crippen LogP contribution in [0.5, 0.6) is 0 Å². The summed E-state index contributed by atoms with van der Waals surface area (Å²) in [7, 11) is 0. The fourth-order valence-corrected chi connectivity index (χ4v) is 4.08. The van der Waals surface area contributed by atoms with Crippen molar-refractivity contribution in [2.24, 2.45) is 0 Å². The third-order valence-electron chi connectivity index (χ3n) is 5.42. The zero-order valence-corrected chi connectivity index (χ0v) is 17.6. The van der Waals surface area contributed by atoms with Crippen LogP contribution in [0, 0.1) is 0 Å². The summed E-state index contributed by atoms with van der Waals surface area (Å²) < 4.78 is 40.4. The number of benzene rings is 1. The molecular formula is C21H21ClF3N5O. The Morgan fingerprint density at radius 1 is 1.16 bits per heavy atom. The number of anilines is 1. The first-order chi connectivity index (χ1) is 14.8. The van der Waals surface area contributed by atoms with E-state index in [1.54, 1.807) is 9.80 Å². The summed E-state index contributed by atoms with van der Waals surface area (Å²) in [5.41, 5.74) is 0.904. The molecule has 0 spiro atoms. The van der Waals surface area contributed by atoms with Gasteiger partial charge in [-0.05, 0) is 18.2 Å². The Bertz CT molecular complexity index is 1110. The number of carbonyl (C=O) groups excluding carboxylic acids is 1. The Kier molecular flexibility index (Phi) is 5.79. The molecule has 0 N–H and O–H groups in total. The molecule has 6 nitrogen and oxygen atoms in total. The van der Waals surface area contributed by atoms with Crippen LogP contribution in [0.1, 0.15) is 18.3 Å². The molecule has 0 radical (unpaired) electrons. The normalized spacial score (nSPS) is 15.0. The van der Waals surface area contributed by atoms with Gasteiger partial charge >= 0.3 is 6.18 Å². The van der Waals surface area contributed by atoms with Gasteiger partial charge in [-0.25, -0.2) is 9.97 Å². The quantitative estimate of drug-likeness (QED) is 0.601. The van der Waals surface area contributed by atoms with E-state index in [2.05, 4.69) is 9.97 Å². The average molecular weight is 452 g/mol. The van der Waals surface area contributed by atoms with Crippen LogP contribution in [0.3, 0.4) is 0 Å². The Morgan fingerprint density at radius 3 is 2.52 bits per heavy atom. The molecule has 3 aromatic rings. The van der Waals surface area contributed by atoms with Crippen molar-refractivity contribution < 1.29 is 18.0 Å². The van der Waals surface area contributed by atoms with Gasteiger partial charge in [0.05, 0.1) is 21.6 Å². The first-order valence-electron chi connectivity index (χ1n) is 9.97. The number of hydrogen-bond donors (Lipinski definition) is 0. The largest absolute Gasteiger partial charge is 0.417 e.